The summed E-state index contributed by atoms with van der Waals surface area (Å²) in [7, 11) is -3.93. The molecule has 0 bridgehead atoms. The van der Waals surface area contributed by atoms with E-state index in [0.29, 0.717) is 13.1 Å². The summed E-state index contributed by atoms with van der Waals surface area (Å²) in [6, 6.07) is 9.47. The molecule has 148 valence electrons. The number of nitro groups is 1. The zero-order valence-corrected chi connectivity index (χ0v) is 15.7. The highest BCUT2D eigenvalue weighted by Crippen LogP contribution is 2.30. The molecule has 0 radical (unpaired) electrons. The minimum absolute atomic E-state index is 0.0868. The lowest BCUT2D eigenvalue weighted by molar-refractivity contribution is -0.385. The van der Waals surface area contributed by atoms with Crippen LogP contribution in [-0.4, -0.2) is 37.0 Å². The molecule has 2 aromatic rings. The van der Waals surface area contributed by atoms with E-state index >= 15 is 0 Å². The molecule has 0 aromatic heterocycles. The minimum Gasteiger partial charge on any atom is -0.277 e. The maximum absolute atomic E-state index is 13.7. The van der Waals surface area contributed by atoms with Crippen molar-refractivity contribution in [3.8, 4) is 0 Å². The summed E-state index contributed by atoms with van der Waals surface area (Å²) >= 11 is 0. The van der Waals surface area contributed by atoms with Gasteiger partial charge in [0.25, 0.3) is 5.69 Å². The van der Waals surface area contributed by atoms with Gasteiger partial charge in [-0.3, -0.25) is 15.5 Å². The van der Waals surface area contributed by atoms with E-state index in [2.05, 4.69) is 10.5 Å². The first-order valence-electron chi connectivity index (χ1n) is 8.72. The fourth-order valence-electron chi connectivity index (χ4n) is 2.93. The monoisotopic (exact) mass is 406 g/mol. The van der Waals surface area contributed by atoms with E-state index in [9.17, 15) is 22.9 Å². The van der Waals surface area contributed by atoms with Crippen LogP contribution >= 0.6 is 0 Å². The SMILES string of the molecule is O=[N+]([O-])c1ccc(NN=Cc2ccccc2F)c(S(=O)(=O)N2CCCCC2)c1. The quantitative estimate of drug-likeness (QED) is 0.450. The predicted octanol–water partition coefficient (Wildman–Crippen LogP) is 3.35. The molecule has 0 unspecified atom stereocenters. The first-order chi connectivity index (χ1) is 13.4. The van der Waals surface area contributed by atoms with Crippen LogP contribution in [-0.2, 0) is 10.0 Å². The number of nitrogens with zero attached hydrogens (tertiary/aromatic N) is 3. The van der Waals surface area contributed by atoms with E-state index in [4.69, 9.17) is 0 Å². The molecule has 0 spiro atoms. The van der Waals surface area contributed by atoms with Crippen LogP contribution in [0.15, 0.2) is 52.5 Å². The highest BCUT2D eigenvalue weighted by Gasteiger charge is 2.30. The zero-order chi connectivity index (χ0) is 20.1. The summed E-state index contributed by atoms with van der Waals surface area (Å²) < 4.78 is 41.0. The van der Waals surface area contributed by atoms with Gasteiger partial charge in [0.1, 0.15) is 10.7 Å². The Labute approximate surface area is 161 Å². The van der Waals surface area contributed by atoms with Crippen molar-refractivity contribution < 1.29 is 17.7 Å². The Morgan fingerprint density at radius 2 is 1.86 bits per heavy atom. The van der Waals surface area contributed by atoms with Gasteiger partial charge in [-0.2, -0.15) is 9.41 Å². The van der Waals surface area contributed by atoms with Crippen molar-refractivity contribution in [1.82, 2.24) is 4.31 Å². The molecular formula is C18H19FN4O4S. The minimum atomic E-state index is -3.93. The van der Waals surface area contributed by atoms with Crippen molar-refractivity contribution in [1.29, 1.82) is 0 Å². The second-order valence-corrected chi connectivity index (χ2v) is 8.20. The van der Waals surface area contributed by atoms with Gasteiger partial charge < -0.3 is 0 Å². The van der Waals surface area contributed by atoms with E-state index in [1.165, 1.54) is 34.8 Å². The highest BCUT2D eigenvalue weighted by molar-refractivity contribution is 7.89. The average molecular weight is 406 g/mol. The molecule has 3 rings (SSSR count). The van der Waals surface area contributed by atoms with Gasteiger partial charge in [-0.1, -0.05) is 24.6 Å². The number of sulfonamides is 1. The van der Waals surface area contributed by atoms with Crippen LogP contribution in [0.25, 0.3) is 0 Å². The Kier molecular flexibility index (Phi) is 6.00. The predicted molar refractivity (Wildman–Crippen MR) is 103 cm³/mol. The van der Waals surface area contributed by atoms with Gasteiger partial charge in [-0.25, -0.2) is 12.8 Å². The summed E-state index contributed by atoms with van der Waals surface area (Å²) in [5, 5.41) is 15.0. The summed E-state index contributed by atoms with van der Waals surface area (Å²) in [6.07, 6.45) is 3.64. The number of rotatable bonds is 6. The maximum Gasteiger partial charge on any atom is 0.270 e. The number of piperidine rings is 1. The molecule has 2 aromatic carbocycles. The smallest absolute Gasteiger partial charge is 0.270 e. The van der Waals surface area contributed by atoms with Gasteiger partial charge >= 0.3 is 0 Å². The van der Waals surface area contributed by atoms with Crippen LogP contribution in [0.1, 0.15) is 24.8 Å². The molecule has 1 heterocycles. The van der Waals surface area contributed by atoms with E-state index < -0.39 is 20.8 Å². The van der Waals surface area contributed by atoms with Crippen molar-refractivity contribution in [2.24, 2.45) is 5.10 Å². The Bertz CT molecular complexity index is 1000. The van der Waals surface area contributed by atoms with Gasteiger partial charge in [0.2, 0.25) is 10.0 Å². The lowest BCUT2D eigenvalue weighted by Crippen LogP contribution is -2.35. The highest BCUT2D eigenvalue weighted by atomic mass is 32.2. The lowest BCUT2D eigenvalue weighted by Gasteiger charge is -2.26. The van der Waals surface area contributed by atoms with Crippen LogP contribution < -0.4 is 5.43 Å². The van der Waals surface area contributed by atoms with E-state index in [-0.39, 0.29) is 21.8 Å². The average Bonchev–Trinajstić information content (AvgIpc) is 2.70. The fraction of sp³-hybridized carbons (Fsp3) is 0.278. The molecule has 1 saturated heterocycles. The number of hydrogen-bond donors (Lipinski definition) is 1. The van der Waals surface area contributed by atoms with Crippen molar-refractivity contribution in [2.45, 2.75) is 24.2 Å². The molecule has 0 atom stereocenters. The Morgan fingerprint density at radius 3 is 2.54 bits per heavy atom. The van der Waals surface area contributed by atoms with Gasteiger partial charge in [-0.15, -0.1) is 0 Å². The number of hydrogen-bond acceptors (Lipinski definition) is 6. The topological polar surface area (TPSA) is 105 Å². The van der Waals surface area contributed by atoms with Crippen LogP contribution in [0.5, 0.6) is 0 Å². The van der Waals surface area contributed by atoms with Gasteiger partial charge in [0.15, 0.2) is 0 Å². The van der Waals surface area contributed by atoms with E-state index in [0.717, 1.165) is 25.3 Å². The van der Waals surface area contributed by atoms with E-state index in [1.54, 1.807) is 12.1 Å². The van der Waals surface area contributed by atoms with E-state index in [1.807, 2.05) is 0 Å². The van der Waals surface area contributed by atoms with Crippen LogP contribution in [0.3, 0.4) is 0 Å². The molecule has 1 fully saturated rings. The number of halogens is 1. The summed E-state index contributed by atoms with van der Waals surface area (Å²) in [5.74, 6) is -0.474. The standard InChI is InChI=1S/C18H19FN4O4S/c19-16-7-3-2-6-14(16)13-20-21-17-9-8-15(23(24)25)12-18(17)28(26,27)22-10-4-1-5-11-22/h2-3,6-9,12-13,21H,1,4-5,10-11H2. The fourth-order valence-corrected chi connectivity index (χ4v) is 4.60. The lowest BCUT2D eigenvalue weighted by atomic mass is 10.2. The maximum atomic E-state index is 13.7. The molecule has 28 heavy (non-hydrogen) atoms. The number of anilines is 1. The second kappa shape index (κ2) is 8.44. The van der Waals surface area contributed by atoms with Crippen molar-refractivity contribution in [3.05, 3.63) is 64.0 Å². The van der Waals surface area contributed by atoms with Gasteiger partial charge in [0, 0.05) is 30.8 Å². The largest absolute Gasteiger partial charge is 0.277 e. The summed E-state index contributed by atoms with van der Waals surface area (Å²) in [5.41, 5.74) is 2.55. The molecule has 0 amide bonds. The number of hydrazone groups is 1. The third-order valence-corrected chi connectivity index (χ3v) is 6.34. The van der Waals surface area contributed by atoms with Crippen molar-refractivity contribution in [2.75, 3.05) is 18.5 Å². The molecule has 1 aliphatic rings. The Hall–Kier alpha value is -2.85. The number of benzene rings is 2. The Morgan fingerprint density at radius 1 is 1.14 bits per heavy atom. The van der Waals surface area contributed by atoms with Crippen molar-refractivity contribution in [3.63, 3.8) is 0 Å². The summed E-state index contributed by atoms with van der Waals surface area (Å²) in [6.45, 7) is 0.728. The molecular weight excluding hydrogens is 387 g/mol. The molecule has 1 aliphatic heterocycles. The Balaban J connectivity index is 1.94. The molecule has 8 nitrogen and oxygen atoms in total. The first kappa shape index (κ1) is 19.9. The van der Waals surface area contributed by atoms with Crippen LogP contribution in [0, 0.1) is 15.9 Å². The van der Waals surface area contributed by atoms with Gasteiger partial charge in [-0.05, 0) is 25.0 Å². The number of nitrogens with one attached hydrogen (secondary N) is 1. The molecule has 0 aliphatic carbocycles. The molecule has 0 saturated carbocycles. The first-order valence-corrected chi connectivity index (χ1v) is 10.2. The normalized spacial score (nSPS) is 15.6. The van der Waals surface area contributed by atoms with Gasteiger partial charge in [0.05, 0.1) is 16.8 Å². The second-order valence-electron chi connectivity index (χ2n) is 6.29. The van der Waals surface area contributed by atoms with Crippen molar-refractivity contribution >= 4 is 27.6 Å². The van der Waals surface area contributed by atoms with Crippen LogP contribution in [0.4, 0.5) is 15.8 Å². The van der Waals surface area contributed by atoms with Crippen LogP contribution in [0.2, 0.25) is 0 Å². The summed E-state index contributed by atoms with van der Waals surface area (Å²) in [4.78, 5) is 10.2. The third kappa shape index (κ3) is 4.34. The number of nitro benzene ring substituents is 1. The third-order valence-electron chi connectivity index (χ3n) is 4.40. The zero-order valence-electron chi connectivity index (χ0n) is 14.9. The molecule has 1 N–H and O–H groups in total. The molecule has 10 heteroatoms. The number of non-ortho nitro benzene ring substituents is 1.